The van der Waals surface area contributed by atoms with Crippen LogP contribution in [0.15, 0.2) is 24.3 Å². The zero-order valence-corrected chi connectivity index (χ0v) is 11.8. The number of ether oxygens (including phenoxy) is 1. The fourth-order valence-corrected chi connectivity index (χ4v) is 1.60. The second-order valence-corrected chi connectivity index (χ2v) is 4.74. The molecule has 0 aromatic heterocycles. The highest BCUT2D eigenvalue weighted by Crippen LogP contribution is 2.12. The van der Waals surface area contributed by atoms with E-state index in [1.165, 1.54) is 0 Å². The van der Waals surface area contributed by atoms with Crippen molar-refractivity contribution in [3.8, 4) is 5.75 Å². The smallest absolute Gasteiger partial charge is 0.224 e. The van der Waals surface area contributed by atoms with Gasteiger partial charge in [-0.1, -0.05) is 35.0 Å². The first-order valence-corrected chi connectivity index (χ1v) is 6.73. The molecule has 1 atom stereocenters. The van der Waals surface area contributed by atoms with Gasteiger partial charge in [0.2, 0.25) is 5.91 Å². The third-order valence-electron chi connectivity index (χ3n) is 2.41. The number of amides is 1. The van der Waals surface area contributed by atoms with Crippen LogP contribution >= 0.6 is 15.9 Å². The van der Waals surface area contributed by atoms with Crippen molar-refractivity contribution in [2.45, 2.75) is 13.3 Å². The standard InChI is InChI=1S/C13H18BrNO2/c1-10(8-14)9-15-13(16)7-11-4-3-5-12(6-11)17-2/h3-6,10H,7-9H2,1-2H3,(H,15,16). The number of carbonyl (C=O) groups excluding carboxylic acids is 1. The van der Waals surface area contributed by atoms with E-state index in [9.17, 15) is 4.79 Å². The zero-order valence-electron chi connectivity index (χ0n) is 10.2. The van der Waals surface area contributed by atoms with Crippen molar-refractivity contribution in [1.82, 2.24) is 5.32 Å². The van der Waals surface area contributed by atoms with Crippen molar-refractivity contribution in [3.63, 3.8) is 0 Å². The molecule has 0 bridgehead atoms. The lowest BCUT2D eigenvalue weighted by atomic mass is 10.1. The summed E-state index contributed by atoms with van der Waals surface area (Å²) in [6.07, 6.45) is 0.395. The lowest BCUT2D eigenvalue weighted by Gasteiger charge is -2.09. The number of nitrogens with one attached hydrogen (secondary N) is 1. The van der Waals surface area contributed by atoms with Crippen molar-refractivity contribution in [1.29, 1.82) is 0 Å². The summed E-state index contributed by atoms with van der Waals surface area (Å²) in [7, 11) is 1.62. The molecule has 1 rings (SSSR count). The number of methoxy groups -OCH3 is 1. The SMILES string of the molecule is COc1cccc(CC(=O)NCC(C)CBr)c1. The topological polar surface area (TPSA) is 38.3 Å². The zero-order chi connectivity index (χ0) is 12.7. The highest BCUT2D eigenvalue weighted by Gasteiger charge is 2.06. The minimum atomic E-state index is 0.0473. The number of hydrogen-bond donors (Lipinski definition) is 1. The number of benzene rings is 1. The van der Waals surface area contributed by atoms with Gasteiger partial charge < -0.3 is 10.1 Å². The number of alkyl halides is 1. The number of carbonyl (C=O) groups is 1. The fraction of sp³-hybridized carbons (Fsp3) is 0.462. The molecule has 4 heteroatoms. The summed E-state index contributed by atoms with van der Waals surface area (Å²) in [4.78, 5) is 11.7. The van der Waals surface area contributed by atoms with Crippen molar-refractivity contribution in [2.24, 2.45) is 5.92 Å². The van der Waals surface area contributed by atoms with Gasteiger partial charge in [0, 0.05) is 11.9 Å². The van der Waals surface area contributed by atoms with Crippen LogP contribution in [0.25, 0.3) is 0 Å². The largest absolute Gasteiger partial charge is 0.497 e. The lowest BCUT2D eigenvalue weighted by molar-refractivity contribution is -0.120. The van der Waals surface area contributed by atoms with Gasteiger partial charge in [0.15, 0.2) is 0 Å². The second kappa shape index (κ2) is 7.33. The Morgan fingerprint density at radius 2 is 2.29 bits per heavy atom. The van der Waals surface area contributed by atoms with Crippen LogP contribution in [0.4, 0.5) is 0 Å². The Hall–Kier alpha value is -1.03. The van der Waals surface area contributed by atoms with Crippen molar-refractivity contribution < 1.29 is 9.53 Å². The minimum Gasteiger partial charge on any atom is -0.497 e. The Balaban J connectivity index is 2.44. The molecule has 0 saturated carbocycles. The third kappa shape index (κ3) is 5.22. The van der Waals surface area contributed by atoms with Crippen LogP contribution in [0.5, 0.6) is 5.75 Å². The highest BCUT2D eigenvalue weighted by molar-refractivity contribution is 9.09. The Labute approximate surface area is 111 Å². The van der Waals surface area contributed by atoms with Gasteiger partial charge in [-0.3, -0.25) is 4.79 Å². The van der Waals surface area contributed by atoms with E-state index in [0.29, 0.717) is 18.9 Å². The molecule has 0 aliphatic heterocycles. The average molecular weight is 300 g/mol. The van der Waals surface area contributed by atoms with Gasteiger partial charge in [0.1, 0.15) is 5.75 Å². The van der Waals surface area contributed by atoms with Gasteiger partial charge in [-0.2, -0.15) is 0 Å². The highest BCUT2D eigenvalue weighted by atomic mass is 79.9. The van der Waals surface area contributed by atoms with E-state index >= 15 is 0 Å². The molecular weight excluding hydrogens is 282 g/mol. The summed E-state index contributed by atoms with van der Waals surface area (Å²) in [5, 5.41) is 3.80. The van der Waals surface area contributed by atoms with Crippen LogP contribution in [0.2, 0.25) is 0 Å². The average Bonchev–Trinajstić information content (AvgIpc) is 2.36. The first-order valence-electron chi connectivity index (χ1n) is 5.61. The van der Waals surface area contributed by atoms with Crippen LogP contribution in [0.3, 0.4) is 0 Å². The summed E-state index contributed by atoms with van der Waals surface area (Å²) in [5.74, 6) is 1.28. The molecule has 0 aliphatic rings. The maximum atomic E-state index is 11.7. The number of hydrogen-bond acceptors (Lipinski definition) is 2. The molecule has 94 valence electrons. The maximum Gasteiger partial charge on any atom is 0.224 e. The van der Waals surface area contributed by atoms with Gasteiger partial charge in [-0.25, -0.2) is 0 Å². The molecule has 17 heavy (non-hydrogen) atoms. The van der Waals surface area contributed by atoms with Crippen LogP contribution in [-0.2, 0) is 11.2 Å². The van der Waals surface area contributed by atoms with Crippen LogP contribution in [0, 0.1) is 5.92 Å². The van der Waals surface area contributed by atoms with Crippen molar-refractivity contribution >= 4 is 21.8 Å². The van der Waals surface area contributed by atoms with E-state index in [0.717, 1.165) is 16.6 Å². The summed E-state index contributed by atoms with van der Waals surface area (Å²) in [6, 6.07) is 7.57. The summed E-state index contributed by atoms with van der Waals surface area (Å²) < 4.78 is 5.11. The fourth-order valence-electron chi connectivity index (χ4n) is 1.37. The van der Waals surface area contributed by atoms with Crippen LogP contribution in [0.1, 0.15) is 12.5 Å². The monoisotopic (exact) mass is 299 g/mol. The molecule has 0 radical (unpaired) electrons. The molecule has 0 spiro atoms. The van der Waals surface area contributed by atoms with Gasteiger partial charge in [0.25, 0.3) is 0 Å². The lowest BCUT2D eigenvalue weighted by Crippen LogP contribution is -2.30. The number of halogens is 1. The Kier molecular flexibility index (Phi) is 6.05. The maximum absolute atomic E-state index is 11.7. The minimum absolute atomic E-state index is 0.0473. The van der Waals surface area contributed by atoms with E-state index in [2.05, 4.69) is 28.2 Å². The van der Waals surface area contributed by atoms with Crippen molar-refractivity contribution in [2.75, 3.05) is 19.0 Å². The quantitative estimate of drug-likeness (QED) is 0.819. The Bertz CT molecular complexity index is 368. The first kappa shape index (κ1) is 14.0. The summed E-state index contributed by atoms with van der Waals surface area (Å²) >= 11 is 3.38. The van der Waals surface area contributed by atoms with Gasteiger partial charge in [0.05, 0.1) is 13.5 Å². The summed E-state index contributed by atoms with van der Waals surface area (Å²) in [6.45, 7) is 2.79. The van der Waals surface area contributed by atoms with Gasteiger partial charge in [-0.05, 0) is 23.6 Å². The molecule has 1 unspecified atom stereocenters. The number of rotatable bonds is 6. The normalized spacial score (nSPS) is 11.9. The molecule has 1 amide bonds. The Morgan fingerprint density at radius 1 is 1.53 bits per heavy atom. The molecule has 1 aromatic rings. The molecule has 0 heterocycles. The molecule has 0 aliphatic carbocycles. The predicted molar refractivity (Wildman–Crippen MR) is 72.7 cm³/mol. The van der Waals surface area contributed by atoms with Crippen LogP contribution < -0.4 is 10.1 Å². The first-order chi connectivity index (χ1) is 8.15. The van der Waals surface area contributed by atoms with Gasteiger partial charge in [-0.15, -0.1) is 0 Å². The van der Waals surface area contributed by atoms with E-state index in [4.69, 9.17) is 4.74 Å². The molecular formula is C13H18BrNO2. The second-order valence-electron chi connectivity index (χ2n) is 4.09. The molecule has 1 N–H and O–H groups in total. The predicted octanol–water partition coefficient (Wildman–Crippen LogP) is 2.38. The summed E-state index contributed by atoms with van der Waals surface area (Å²) in [5.41, 5.74) is 0.966. The van der Waals surface area contributed by atoms with E-state index in [1.807, 2.05) is 24.3 Å². The van der Waals surface area contributed by atoms with Crippen molar-refractivity contribution in [3.05, 3.63) is 29.8 Å². The van der Waals surface area contributed by atoms with Gasteiger partial charge >= 0.3 is 0 Å². The molecule has 0 saturated heterocycles. The van der Waals surface area contributed by atoms with Crippen LogP contribution in [-0.4, -0.2) is 24.9 Å². The van der Waals surface area contributed by atoms with E-state index < -0.39 is 0 Å². The molecule has 3 nitrogen and oxygen atoms in total. The van der Waals surface area contributed by atoms with E-state index in [1.54, 1.807) is 7.11 Å². The third-order valence-corrected chi connectivity index (χ3v) is 3.52. The molecule has 1 aromatic carbocycles. The van der Waals surface area contributed by atoms with E-state index in [-0.39, 0.29) is 5.91 Å². The molecule has 0 fully saturated rings. The Morgan fingerprint density at radius 3 is 2.94 bits per heavy atom.